The Labute approximate surface area is 165 Å². The molecule has 1 amide bonds. The number of thioether (sulfide) groups is 1. The van der Waals surface area contributed by atoms with E-state index < -0.39 is 11.2 Å². The van der Waals surface area contributed by atoms with Crippen molar-refractivity contribution in [3.8, 4) is 5.75 Å². The highest BCUT2D eigenvalue weighted by Gasteiger charge is 2.29. The van der Waals surface area contributed by atoms with Crippen LogP contribution in [0.3, 0.4) is 0 Å². The van der Waals surface area contributed by atoms with E-state index in [0.717, 1.165) is 16.1 Å². The molecule has 27 heavy (non-hydrogen) atoms. The molecular weight excluding hydrogens is 390 g/mol. The summed E-state index contributed by atoms with van der Waals surface area (Å²) in [6.07, 6.45) is -0.0163. The highest BCUT2D eigenvalue weighted by atomic mass is 35.5. The third kappa shape index (κ3) is 4.05. The number of ether oxygens (including phenoxy) is 3. The third-order valence-electron chi connectivity index (χ3n) is 4.20. The number of fused-ring (bicyclic) bond motifs is 2. The molecule has 0 spiro atoms. The van der Waals surface area contributed by atoms with E-state index in [4.69, 9.17) is 25.8 Å². The molecule has 2 aliphatic rings. The maximum Gasteiger partial charge on any atom is 0.307 e. The first-order chi connectivity index (χ1) is 13.1. The quantitative estimate of drug-likeness (QED) is 0.781. The molecule has 0 unspecified atom stereocenters. The fourth-order valence-electron chi connectivity index (χ4n) is 2.96. The van der Waals surface area contributed by atoms with Crippen molar-refractivity contribution in [2.45, 2.75) is 29.8 Å². The van der Waals surface area contributed by atoms with Crippen molar-refractivity contribution in [3.63, 3.8) is 0 Å². The number of benzene rings is 2. The molecule has 1 N–H and O–H groups in total. The second kappa shape index (κ2) is 7.80. The van der Waals surface area contributed by atoms with Crippen LogP contribution in [0.1, 0.15) is 17.5 Å². The standard InChI is InChI=1S/C19H16ClNO5S/c20-13-5-11-8-24-10-26-18(11)12(6-13)9-25-17(22)7-16-19(23)21-14-3-1-2-4-15(14)27-16/h1-6,16H,7-10H2,(H,21,23)/t16-/m1/s1. The van der Waals surface area contributed by atoms with Crippen molar-refractivity contribution in [2.75, 3.05) is 12.1 Å². The fraction of sp³-hybridized carbons (Fsp3) is 0.263. The van der Waals surface area contributed by atoms with Gasteiger partial charge in [-0.05, 0) is 24.3 Å². The maximum absolute atomic E-state index is 12.3. The number of amides is 1. The lowest BCUT2D eigenvalue weighted by Crippen LogP contribution is -2.31. The highest BCUT2D eigenvalue weighted by molar-refractivity contribution is 8.01. The Bertz CT molecular complexity index is 904. The van der Waals surface area contributed by atoms with Gasteiger partial charge in [0.05, 0.1) is 24.0 Å². The second-order valence-corrected chi connectivity index (χ2v) is 7.80. The molecule has 140 valence electrons. The van der Waals surface area contributed by atoms with E-state index in [1.807, 2.05) is 24.3 Å². The number of para-hydroxylation sites is 1. The van der Waals surface area contributed by atoms with Gasteiger partial charge in [-0.15, -0.1) is 11.8 Å². The van der Waals surface area contributed by atoms with Gasteiger partial charge in [0.15, 0.2) is 6.79 Å². The molecule has 0 aromatic heterocycles. The van der Waals surface area contributed by atoms with Crippen molar-refractivity contribution in [2.24, 2.45) is 0 Å². The summed E-state index contributed by atoms with van der Waals surface area (Å²) < 4.78 is 16.1. The number of hydrogen-bond acceptors (Lipinski definition) is 6. The average molecular weight is 406 g/mol. The predicted octanol–water partition coefficient (Wildman–Crippen LogP) is 3.75. The minimum absolute atomic E-state index is 0.0163. The average Bonchev–Trinajstić information content (AvgIpc) is 2.66. The van der Waals surface area contributed by atoms with Gasteiger partial charge in [0, 0.05) is 21.0 Å². The van der Waals surface area contributed by atoms with Gasteiger partial charge in [0.2, 0.25) is 5.91 Å². The first kappa shape index (κ1) is 18.2. The molecule has 0 saturated heterocycles. The topological polar surface area (TPSA) is 73.9 Å². The summed E-state index contributed by atoms with van der Waals surface area (Å²) >= 11 is 7.48. The van der Waals surface area contributed by atoms with E-state index in [1.54, 1.807) is 12.1 Å². The third-order valence-corrected chi connectivity index (χ3v) is 5.69. The van der Waals surface area contributed by atoms with E-state index >= 15 is 0 Å². The summed E-state index contributed by atoms with van der Waals surface area (Å²) in [5.74, 6) is -0.0174. The zero-order chi connectivity index (χ0) is 18.8. The SMILES string of the molecule is O=C(C[C@H]1Sc2ccccc2NC1=O)OCc1cc(Cl)cc2c1OCOC2. The second-order valence-electron chi connectivity index (χ2n) is 6.12. The Balaban J connectivity index is 1.40. The number of hydrogen-bond donors (Lipinski definition) is 1. The number of esters is 1. The van der Waals surface area contributed by atoms with Crippen LogP contribution in [0.25, 0.3) is 0 Å². The Kier molecular flexibility index (Phi) is 5.24. The zero-order valence-electron chi connectivity index (χ0n) is 14.2. The summed E-state index contributed by atoms with van der Waals surface area (Å²) in [4.78, 5) is 25.4. The summed E-state index contributed by atoms with van der Waals surface area (Å²) in [5, 5.41) is 2.82. The molecule has 0 saturated carbocycles. The van der Waals surface area contributed by atoms with Crippen LogP contribution < -0.4 is 10.1 Å². The monoisotopic (exact) mass is 405 g/mol. The summed E-state index contributed by atoms with van der Waals surface area (Å²) in [6.45, 7) is 0.570. The van der Waals surface area contributed by atoms with Crippen LogP contribution >= 0.6 is 23.4 Å². The summed E-state index contributed by atoms with van der Waals surface area (Å²) in [6, 6.07) is 11.0. The number of halogens is 1. The first-order valence-corrected chi connectivity index (χ1v) is 9.60. The van der Waals surface area contributed by atoms with Crippen molar-refractivity contribution in [3.05, 3.63) is 52.5 Å². The molecule has 8 heteroatoms. The normalized spacial score (nSPS) is 18.0. The Morgan fingerprint density at radius 1 is 1.33 bits per heavy atom. The van der Waals surface area contributed by atoms with Gasteiger partial charge < -0.3 is 19.5 Å². The smallest absolute Gasteiger partial charge is 0.307 e. The highest BCUT2D eigenvalue weighted by Crippen LogP contribution is 2.37. The first-order valence-electron chi connectivity index (χ1n) is 8.34. The lowest BCUT2D eigenvalue weighted by atomic mass is 10.1. The van der Waals surface area contributed by atoms with E-state index in [0.29, 0.717) is 22.9 Å². The minimum Gasteiger partial charge on any atom is -0.467 e. The molecule has 0 fully saturated rings. The van der Waals surface area contributed by atoms with Crippen LogP contribution in [0, 0.1) is 0 Å². The van der Waals surface area contributed by atoms with Crippen LogP contribution in [0.2, 0.25) is 5.02 Å². The lowest BCUT2D eigenvalue weighted by Gasteiger charge is -2.23. The molecule has 4 rings (SSSR count). The molecular formula is C19H16ClNO5S. The molecule has 6 nitrogen and oxygen atoms in total. The molecule has 0 radical (unpaired) electrons. The molecule has 2 aromatic carbocycles. The zero-order valence-corrected chi connectivity index (χ0v) is 15.8. The maximum atomic E-state index is 12.3. The lowest BCUT2D eigenvalue weighted by molar-refractivity contribution is -0.145. The Morgan fingerprint density at radius 3 is 3.07 bits per heavy atom. The van der Waals surface area contributed by atoms with Gasteiger partial charge >= 0.3 is 5.97 Å². The van der Waals surface area contributed by atoms with Crippen LogP contribution in [0.15, 0.2) is 41.3 Å². The van der Waals surface area contributed by atoms with Gasteiger partial charge in [-0.1, -0.05) is 23.7 Å². The number of carbonyl (C=O) groups is 2. The van der Waals surface area contributed by atoms with Crippen molar-refractivity contribution in [1.29, 1.82) is 0 Å². The molecule has 0 bridgehead atoms. The van der Waals surface area contributed by atoms with Crippen LogP contribution in [0.5, 0.6) is 5.75 Å². The summed E-state index contributed by atoms with van der Waals surface area (Å²) in [7, 11) is 0. The molecule has 0 aliphatic carbocycles. The van der Waals surface area contributed by atoms with Crippen molar-refractivity contribution < 1.29 is 23.8 Å². The molecule has 2 aromatic rings. The number of nitrogens with one attached hydrogen (secondary N) is 1. The van der Waals surface area contributed by atoms with Gasteiger partial charge in [-0.25, -0.2) is 0 Å². The van der Waals surface area contributed by atoms with Gasteiger partial charge in [0.1, 0.15) is 12.4 Å². The Morgan fingerprint density at radius 2 is 2.19 bits per heavy atom. The van der Waals surface area contributed by atoms with Gasteiger partial charge in [0.25, 0.3) is 0 Å². The Hall–Kier alpha value is -2.22. The summed E-state index contributed by atoms with van der Waals surface area (Å²) in [5.41, 5.74) is 2.26. The van der Waals surface area contributed by atoms with Crippen LogP contribution in [-0.2, 0) is 32.3 Å². The van der Waals surface area contributed by atoms with E-state index in [2.05, 4.69) is 5.32 Å². The predicted molar refractivity (Wildman–Crippen MR) is 101 cm³/mol. The number of carbonyl (C=O) groups excluding carboxylic acids is 2. The van der Waals surface area contributed by atoms with Crippen LogP contribution in [-0.4, -0.2) is 23.9 Å². The van der Waals surface area contributed by atoms with E-state index in [1.165, 1.54) is 11.8 Å². The molecule has 2 heterocycles. The van der Waals surface area contributed by atoms with E-state index in [9.17, 15) is 9.59 Å². The minimum atomic E-state index is -0.523. The van der Waals surface area contributed by atoms with Gasteiger partial charge in [-0.2, -0.15) is 0 Å². The van der Waals surface area contributed by atoms with Gasteiger partial charge in [-0.3, -0.25) is 9.59 Å². The van der Waals surface area contributed by atoms with Crippen molar-refractivity contribution in [1.82, 2.24) is 0 Å². The fourth-order valence-corrected chi connectivity index (χ4v) is 4.32. The van der Waals surface area contributed by atoms with Crippen LogP contribution in [0.4, 0.5) is 5.69 Å². The number of rotatable bonds is 4. The van der Waals surface area contributed by atoms with E-state index in [-0.39, 0.29) is 25.7 Å². The molecule has 2 aliphatic heterocycles. The molecule has 1 atom stereocenters. The largest absolute Gasteiger partial charge is 0.467 e. The number of anilines is 1. The van der Waals surface area contributed by atoms with Crippen molar-refractivity contribution >= 4 is 40.9 Å².